The first-order valence-corrected chi connectivity index (χ1v) is 9.43. The molecule has 6 nitrogen and oxygen atoms in total. The number of unbranched alkanes of at least 4 members (excludes halogenated alkanes) is 1. The van der Waals surface area contributed by atoms with Crippen LogP contribution in [-0.4, -0.2) is 19.2 Å². The number of nitrogens with zero attached hydrogens (tertiary/aromatic N) is 3. The van der Waals surface area contributed by atoms with Crippen molar-refractivity contribution in [3.63, 3.8) is 0 Å². The molecule has 0 radical (unpaired) electrons. The monoisotopic (exact) mass is 379 g/mol. The minimum Gasteiger partial charge on any atom is -0.494 e. The maximum absolute atomic E-state index is 11.5. The van der Waals surface area contributed by atoms with E-state index in [1.165, 1.54) is 0 Å². The molecule has 2 aromatic carbocycles. The van der Waals surface area contributed by atoms with Crippen molar-refractivity contribution in [1.82, 2.24) is 0 Å². The first kappa shape index (κ1) is 21.1. The van der Waals surface area contributed by atoms with Crippen LogP contribution in [0, 0.1) is 17.2 Å². The Morgan fingerprint density at radius 3 is 2.14 bits per heavy atom. The first-order chi connectivity index (χ1) is 13.6. The number of hydrogen-bond acceptors (Lipinski definition) is 6. The number of azo groups is 1. The van der Waals surface area contributed by atoms with Gasteiger partial charge in [-0.2, -0.15) is 15.5 Å². The summed E-state index contributed by atoms with van der Waals surface area (Å²) >= 11 is 0. The zero-order chi connectivity index (χ0) is 20.2. The lowest BCUT2D eigenvalue weighted by molar-refractivity contribution is -0.148. The quantitative estimate of drug-likeness (QED) is 0.300. The van der Waals surface area contributed by atoms with Gasteiger partial charge < -0.3 is 9.47 Å². The summed E-state index contributed by atoms with van der Waals surface area (Å²) in [7, 11) is 0. The van der Waals surface area contributed by atoms with Gasteiger partial charge in [0.2, 0.25) is 0 Å². The van der Waals surface area contributed by atoms with E-state index in [0.29, 0.717) is 30.2 Å². The average molecular weight is 379 g/mol. The van der Waals surface area contributed by atoms with Gasteiger partial charge in [-0.3, -0.25) is 4.79 Å². The Morgan fingerprint density at radius 2 is 1.57 bits per heavy atom. The normalized spacial score (nSPS) is 11.8. The molecule has 28 heavy (non-hydrogen) atoms. The molecule has 2 rings (SSSR count). The number of nitriles is 1. The Labute approximate surface area is 165 Å². The summed E-state index contributed by atoms with van der Waals surface area (Å²) in [6, 6.07) is 16.3. The molecule has 1 unspecified atom stereocenters. The Balaban J connectivity index is 1.69. The Kier molecular flexibility index (Phi) is 8.67. The minimum absolute atomic E-state index is 0.0381. The third-order valence-corrected chi connectivity index (χ3v) is 4.18. The molecule has 0 aromatic heterocycles. The lowest BCUT2D eigenvalue weighted by Crippen LogP contribution is -2.14. The molecule has 0 saturated heterocycles. The van der Waals surface area contributed by atoms with Gasteiger partial charge in [0.1, 0.15) is 5.75 Å². The zero-order valence-corrected chi connectivity index (χ0v) is 16.3. The number of esters is 1. The van der Waals surface area contributed by atoms with Crippen molar-refractivity contribution in [2.75, 3.05) is 13.2 Å². The van der Waals surface area contributed by atoms with Gasteiger partial charge in [0, 0.05) is 0 Å². The molecule has 1 atom stereocenters. The van der Waals surface area contributed by atoms with E-state index in [0.717, 1.165) is 25.0 Å². The van der Waals surface area contributed by atoms with E-state index in [4.69, 9.17) is 14.7 Å². The summed E-state index contributed by atoms with van der Waals surface area (Å²) in [5, 5.41) is 17.1. The van der Waals surface area contributed by atoms with Crippen LogP contribution in [0.5, 0.6) is 5.75 Å². The van der Waals surface area contributed by atoms with Crippen molar-refractivity contribution in [3.8, 4) is 11.8 Å². The SMILES string of the molecule is CCC(C)C(=O)OCCCCOc1ccc(N=Nc2ccc(C#N)cc2)cc1. The topological polar surface area (TPSA) is 84.0 Å². The van der Waals surface area contributed by atoms with Gasteiger partial charge in [0.15, 0.2) is 0 Å². The molecule has 0 bridgehead atoms. The van der Waals surface area contributed by atoms with Gasteiger partial charge in [-0.25, -0.2) is 0 Å². The van der Waals surface area contributed by atoms with Crippen molar-refractivity contribution in [1.29, 1.82) is 5.26 Å². The summed E-state index contributed by atoms with van der Waals surface area (Å²) in [4.78, 5) is 11.5. The molecule has 0 N–H and O–H groups in total. The summed E-state index contributed by atoms with van der Waals surface area (Å²) in [6.07, 6.45) is 2.39. The molecule has 6 heteroatoms. The van der Waals surface area contributed by atoms with E-state index in [1.54, 1.807) is 24.3 Å². The highest BCUT2D eigenvalue weighted by molar-refractivity contribution is 5.71. The van der Waals surface area contributed by atoms with E-state index in [-0.39, 0.29) is 11.9 Å². The van der Waals surface area contributed by atoms with Crippen LogP contribution in [-0.2, 0) is 9.53 Å². The molecular weight excluding hydrogens is 354 g/mol. The minimum atomic E-state index is -0.130. The largest absolute Gasteiger partial charge is 0.494 e. The Bertz CT molecular complexity index is 808. The third kappa shape index (κ3) is 7.20. The van der Waals surface area contributed by atoms with Crippen molar-refractivity contribution in [3.05, 3.63) is 54.1 Å². The van der Waals surface area contributed by atoms with E-state index < -0.39 is 0 Å². The zero-order valence-electron chi connectivity index (χ0n) is 16.3. The van der Waals surface area contributed by atoms with Gasteiger partial charge in [-0.05, 0) is 67.8 Å². The van der Waals surface area contributed by atoms with Crippen molar-refractivity contribution >= 4 is 17.3 Å². The molecule has 0 spiro atoms. The summed E-state index contributed by atoms with van der Waals surface area (Å²) in [6.45, 7) is 4.84. The van der Waals surface area contributed by atoms with Gasteiger partial charge in [-0.15, -0.1) is 0 Å². The first-order valence-electron chi connectivity index (χ1n) is 9.43. The molecule has 2 aromatic rings. The van der Waals surface area contributed by atoms with Crippen LogP contribution >= 0.6 is 0 Å². The van der Waals surface area contributed by atoms with E-state index >= 15 is 0 Å². The molecule has 0 aliphatic heterocycles. The van der Waals surface area contributed by atoms with Gasteiger partial charge >= 0.3 is 5.97 Å². The molecule has 0 amide bonds. The van der Waals surface area contributed by atoms with Crippen molar-refractivity contribution < 1.29 is 14.3 Å². The van der Waals surface area contributed by atoms with Crippen molar-refractivity contribution in [2.24, 2.45) is 16.1 Å². The maximum atomic E-state index is 11.5. The number of benzene rings is 2. The third-order valence-electron chi connectivity index (χ3n) is 4.18. The lowest BCUT2D eigenvalue weighted by atomic mass is 10.1. The average Bonchev–Trinajstić information content (AvgIpc) is 2.75. The summed E-state index contributed by atoms with van der Waals surface area (Å²) < 4.78 is 10.9. The fraction of sp³-hybridized carbons (Fsp3) is 0.364. The predicted octanol–water partition coefficient (Wildman–Crippen LogP) is 5.72. The van der Waals surface area contributed by atoms with Crippen LogP contribution < -0.4 is 4.74 Å². The van der Waals surface area contributed by atoms with E-state index in [2.05, 4.69) is 16.3 Å². The highest BCUT2D eigenvalue weighted by Gasteiger charge is 2.10. The van der Waals surface area contributed by atoms with E-state index in [9.17, 15) is 4.79 Å². The van der Waals surface area contributed by atoms with Gasteiger partial charge in [0.05, 0.1) is 42.1 Å². The number of carbonyl (C=O) groups is 1. The Morgan fingerprint density at radius 1 is 1.00 bits per heavy atom. The smallest absolute Gasteiger partial charge is 0.308 e. The standard InChI is InChI=1S/C22H25N3O3/c1-3-17(2)22(26)28-15-5-4-14-27-21-12-10-20(11-13-21)25-24-19-8-6-18(16-23)7-9-19/h6-13,17H,3-5,14-15H2,1-2H3. The summed E-state index contributed by atoms with van der Waals surface area (Å²) in [5.74, 6) is 0.590. The lowest BCUT2D eigenvalue weighted by Gasteiger charge is -2.09. The van der Waals surface area contributed by atoms with Crippen LogP contribution in [0.4, 0.5) is 11.4 Å². The number of rotatable bonds is 10. The van der Waals surface area contributed by atoms with Crippen LogP contribution in [0.1, 0.15) is 38.7 Å². The highest BCUT2D eigenvalue weighted by Crippen LogP contribution is 2.21. The fourth-order valence-corrected chi connectivity index (χ4v) is 2.20. The number of carbonyl (C=O) groups excluding carboxylic acids is 1. The second-order valence-corrected chi connectivity index (χ2v) is 6.38. The van der Waals surface area contributed by atoms with Crippen molar-refractivity contribution in [2.45, 2.75) is 33.1 Å². The van der Waals surface area contributed by atoms with Crippen LogP contribution in [0.2, 0.25) is 0 Å². The molecule has 0 saturated carbocycles. The molecule has 0 heterocycles. The molecule has 146 valence electrons. The second kappa shape index (κ2) is 11.5. The van der Waals surface area contributed by atoms with Gasteiger partial charge in [-0.1, -0.05) is 13.8 Å². The summed E-state index contributed by atoms with van der Waals surface area (Å²) in [5.41, 5.74) is 2.00. The second-order valence-electron chi connectivity index (χ2n) is 6.38. The maximum Gasteiger partial charge on any atom is 0.308 e. The molecule has 0 aliphatic carbocycles. The highest BCUT2D eigenvalue weighted by atomic mass is 16.5. The number of hydrogen-bond donors (Lipinski definition) is 0. The predicted molar refractivity (Wildman–Crippen MR) is 107 cm³/mol. The van der Waals surface area contributed by atoms with Crippen LogP contribution in [0.15, 0.2) is 58.8 Å². The van der Waals surface area contributed by atoms with Crippen LogP contribution in [0.25, 0.3) is 0 Å². The van der Waals surface area contributed by atoms with Gasteiger partial charge in [0.25, 0.3) is 0 Å². The molecule has 0 aliphatic rings. The fourth-order valence-electron chi connectivity index (χ4n) is 2.20. The molecular formula is C22H25N3O3. The molecule has 0 fully saturated rings. The Hall–Kier alpha value is -3.20. The van der Waals surface area contributed by atoms with E-state index in [1.807, 2.05) is 38.1 Å². The van der Waals surface area contributed by atoms with Crippen LogP contribution in [0.3, 0.4) is 0 Å². The number of ether oxygens (including phenoxy) is 2.